The van der Waals surface area contributed by atoms with Gasteiger partial charge in [-0.2, -0.15) is 22.0 Å². The van der Waals surface area contributed by atoms with Crippen molar-refractivity contribution in [1.29, 1.82) is 0 Å². The number of alkyl halides is 5. The summed E-state index contributed by atoms with van der Waals surface area (Å²) in [4.78, 5) is 11.7. The lowest BCUT2D eigenvalue weighted by Crippen LogP contribution is -2.65. The lowest BCUT2D eigenvalue weighted by atomic mass is 9.52. The van der Waals surface area contributed by atoms with E-state index in [0.717, 1.165) is 16.7 Å². The van der Waals surface area contributed by atoms with E-state index >= 15 is 0 Å². The van der Waals surface area contributed by atoms with E-state index in [1.807, 2.05) is 0 Å². The van der Waals surface area contributed by atoms with Crippen molar-refractivity contribution in [2.75, 3.05) is 0 Å². The second-order valence-corrected chi connectivity index (χ2v) is 8.87. The van der Waals surface area contributed by atoms with Gasteiger partial charge in [0.05, 0.1) is 0 Å². The topological polar surface area (TPSA) is 37.3 Å². The number of aliphatic hydroxyl groups is 1. The van der Waals surface area contributed by atoms with Crippen molar-refractivity contribution in [1.82, 2.24) is 0 Å². The maximum atomic E-state index is 14.5. The molecule has 2 saturated carbocycles. The summed E-state index contributed by atoms with van der Waals surface area (Å²) in [5.74, 6) is -5.50. The molecule has 2 unspecified atom stereocenters. The minimum Gasteiger partial charge on any atom is -0.383 e. The molecule has 4 atom stereocenters. The van der Waals surface area contributed by atoms with Crippen LogP contribution in [-0.4, -0.2) is 28.6 Å². The van der Waals surface area contributed by atoms with Crippen LogP contribution in [0.1, 0.15) is 64.7 Å². The van der Waals surface area contributed by atoms with Gasteiger partial charge in [-0.3, -0.25) is 4.79 Å². The van der Waals surface area contributed by atoms with E-state index in [-0.39, 0.29) is 36.9 Å². The zero-order valence-electron chi connectivity index (χ0n) is 15.8. The lowest BCUT2D eigenvalue weighted by Gasteiger charge is -2.55. The second-order valence-electron chi connectivity index (χ2n) is 8.87. The molecule has 2 nitrogen and oxygen atoms in total. The van der Waals surface area contributed by atoms with Crippen LogP contribution in [0, 0.1) is 17.3 Å². The van der Waals surface area contributed by atoms with E-state index in [1.165, 1.54) is 0 Å². The molecule has 0 aromatic heterocycles. The van der Waals surface area contributed by atoms with Crippen LogP contribution >= 0.6 is 0 Å². The standard InChI is InChI=1S/C21H25F5O2/c1-2-18-9-7-15-14-6-4-13(27)11-12(14)3-5-16(15)17(18)8-10-19(18,28)20(22,23)21(24,25)26/h11,16-17,28H,2-10H2,1H3/t16-,17+,18?,19?/m1/s1. The van der Waals surface area contributed by atoms with Gasteiger partial charge in [0, 0.05) is 11.8 Å². The highest BCUT2D eigenvalue weighted by atomic mass is 19.4. The van der Waals surface area contributed by atoms with Gasteiger partial charge in [0.15, 0.2) is 5.78 Å². The molecule has 0 bridgehead atoms. The number of rotatable bonds is 2. The van der Waals surface area contributed by atoms with Crippen LogP contribution in [0.3, 0.4) is 0 Å². The molecule has 0 heterocycles. The van der Waals surface area contributed by atoms with Crippen molar-refractivity contribution >= 4 is 5.78 Å². The number of fused-ring (bicyclic) bond motifs is 4. The molecule has 4 rings (SSSR count). The van der Waals surface area contributed by atoms with E-state index in [9.17, 15) is 31.9 Å². The zero-order chi connectivity index (χ0) is 20.5. The Morgan fingerprint density at radius 1 is 1.07 bits per heavy atom. The summed E-state index contributed by atoms with van der Waals surface area (Å²) in [6.45, 7) is 1.63. The van der Waals surface area contributed by atoms with Crippen LogP contribution in [-0.2, 0) is 4.79 Å². The van der Waals surface area contributed by atoms with Gasteiger partial charge in [0.1, 0.15) is 5.60 Å². The summed E-state index contributed by atoms with van der Waals surface area (Å²) in [6.07, 6.45) is -1.44. The Bertz CT molecular complexity index is 765. The van der Waals surface area contributed by atoms with Crippen molar-refractivity contribution in [3.05, 3.63) is 22.8 Å². The number of hydrogen-bond donors (Lipinski definition) is 1. The average molecular weight is 404 g/mol. The van der Waals surface area contributed by atoms with E-state index in [1.54, 1.807) is 13.0 Å². The van der Waals surface area contributed by atoms with Crippen LogP contribution in [0.15, 0.2) is 22.8 Å². The molecule has 0 aromatic rings. The first-order valence-electron chi connectivity index (χ1n) is 10.1. The molecule has 7 heteroatoms. The van der Waals surface area contributed by atoms with E-state index < -0.39 is 29.5 Å². The van der Waals surface area contributed by atoms with Gasteiger partial charge in [-0.25, -0.2) is 0 Å². The molecule has 1 N–H and O–H groups in total. The van der Waals surface area contributed by atoms with Gasteiger partial charge in [-0.05, 0) is 80.4 Å². The third-order valence-corrected chi connectivity index (χ3v) is 8.09. The summed E-state index contributed by atoms with van der Waals surface area (Å²) in [7, 11) is 0. The summed E-state index contributed by atoms with van der Waals surface area (Å²) in [5, 5.41) is 10.9. The Labute approximate surface area is 160 Å². The van der Waals surface area contributed by atoms with Gasteiger partial charge in [-0.15, -0.1) is 0 Å². The van der Waals surface area contributed by atoms with Gasteiger partial charge >= 0.3 is 12.1 Å². The molecular weight excluding hydrogens is 379 g/mol. The Kier molecular flexibility index (Phi) is 4.39. The first-order chi connectivity index (χ1) is 13.0. The normalized spacial score (nSPS) is 38.7. The predicted octanol–water partition coefficient (Wildman–Crippen LogP) is 5.51. The Morgan fingerprint density at radius 2 is 1.79 bits per heavy atom. The Balaban J connectivity index is 1.77. The lowest BCUT2D eigenvalue weighted by molar-refractivity contribution is -0.364. The van der Waals surface area contributed by atoms with Crippen LogP contribution in [0.4, 0.5) is 22.0 Å². The summed E-state index contributed by atoms with van der Waals surface area (Å²) in [5.41, 5.74) is -1.23. The van der Waals surface area contributed by atoms with Crippen LogP contribution in [0.2, 0.25) is 0 Å². The number of allylic oxidation sites excluding steroid dienone is 4. The van der Waals surface area contributed by atoms with Crippen LogP contribution in [0.5, 0.6) is 0 Å². The Morgan fingerprint density at radius 3 is 2.43 bits per heavy atom. The van der Waals surface area contributed by atoms with E-state index in [4.69, 9.17) is 0 Å². The third-order valence-electron chi connectivity index (χ3n) is 8.09. The zero-order valence-corrected chi connectivity index (χ0v) is 15.8. The minimum absolute atomic E-state index is 0.0767. The van der Waals surface area contributed by atoms with Crippen LogP contribution < -0.4 is 0 Å². The highest BCUT2D eigenvalue weighted by Crippen LogP contribution is 2.69. The summed E-state index contributed by atoms with van der Waals surface area (Å²) < 4.78 is 68.7. The smallest absolute Gasteiger partial charge is 0.383 e. The fourth-order valence-corrected chi connectivity index (χ4v) is 6.81. The molecule has 2 fully saturated rings. The first-order valence-corrected chi connectivity index (χ1v) is 10.1. The number of halogens is 5. The van der Waals surface area contributed by atoms with Crippen LogP contribution in [0.25, 0.3) is 0 Å². The van der Waals surface area contributed by atoms with Crippen molar-refractivity contribution in [2.45, 2.75) is 82.4 Å². The molecule has 0 radical (unpaired) electrons. The number of carbonyl (C=O) groups excluding carboxylic acids is 1. The highest BCUT2D eigenvalue weighted by Gasteiger charge is 2.79. The molecule has 0 aromatic carbocycles. The first kappa shape index (κ1) is 20.0. The number of ketones is 1. The quantitative estimate of drug-likeness (QED) is 0.616. The van der Waals surface area contributed by atoms with Gasteiger partial charge in [0.2, 0.25) is 0 Å². The summed E-state index contributed by atoms with van der Waals surface area (Å²) >= 11 is 0. The maximum Gasteiger partial charge on any atom is 0.456 e. The average Bonchev–Trinajstić information content (AvgIpc) is 2.95. The molecule has 28 heavy (non-hydrogen) atoms. The fourth-order valence-electron chi connectivity index (χ4n) is 6.81. The van der Waals surface area contributed by atoms with Crippen molar-refractivity contribution in [3.8, 4) is 0 Å². The van der Waals surface area contributed by atoms with E-state index in [2.05, 4.69) is 0 Å². The third kappa shape index (κ3) is 2.37. The molecule has 0 aliphatic heterocycles. The number of carbonyl (C=O) groups is 1. The molecule has 0 amide bonds. The van der Waals surface area contributed by atoms with Gasteiger partial charge < -0.3 is 5.11 Å². The largest absolute Gasteiger partial charge is 0.456 e. The SMILES string of the molecule is CCC12CCC3=C4CCC(=O)C=C4CC[C@H]3[C@@H]1CCC2(O)C(F)(F)C(F)(F)F. The Hall–Kier alpha value is -1.24. The van der Waals surface area contributed by atoms with Gasteiger partial charge in [0.25, 0.3) is 0 Å². The monoisotopic (exact) mass is 404 g/mol. The van der Waals surface area contributed by atoms with Crippen molar-refractivity contribution < 1.29 is 31.9 Å². The maximum absolute atomic E-state index is 14.5. The molecule has 0 saturated heterocycles. The fraction of sp³-hybridized carbons (Fsp3) is 0.762. The van der Waals surface area contributed by atoms with Crippen molar-refractivity contribution in [3.63, 3.8) is 0 Å². The van der Waals surface area contributed by atoms with Crippen molar-refractivity contribution in [2.24, 2.45) is 17.3 Å². The molecule has 4 aliphatic rings. The molecular formula is C21H25F5O2. The van der Waals surface area contributed by atoms with E-state index in [0.29, 0.717) is 32.1 Å². The summed E-state index contributed by atoms with van der Waals surface area (Å²) in [6, 6.07) is 0. The van der Waals surface area contributed by atoms with Gasteiger partial charge in [-0.1, -0.05) is 12.5 Å². The highest BCUT2D eigenvalue weighted by molar-refractivity contribution is 5.93. The molecule has 4 aliphatic carbocycles. The molecule has 0 spiro atoms. The minimum atomic E-state index is -5.77. The molecule has 156 valence electrons. The number of hydrogen-bond acceptors (Lipinski definition) is 2. The predicted molar refractivity (Wildman–Crippen MR) is 92.7 cm³/mol. The second kappa shape index (κ2) is 6.13.